The van der Waals surface area contributed by atoms with Gasteiger partial charge in [-0.3, -0.25) is 9.59 Å². The average Bonchev–Trinajstić information content (AvgIpc) is 2.96. The van der Waals surface area contributed by atoms with Gasteiger partial charge in [-0.15, -0.1) is 0 Å². The molecule has 2 aromatic heterocycles. The third-order valence-electron chi connectivity index (χ3n) is 3.91. The van der Waals surface area contributed by atoms with Gasteiger partial charge in [0.05, 0.1) is 11.6 Å². The van der Waals surface area contributed by atoms with E-state index in [9.17, 15) is 9.59 Å². The fraction of sp³-hybridized carbons (Fsp3) is 0.0526. The van der Waals surface area contributed by atoms with E-state index >= 15 is 0 Å². The normalized spacial score (nSPS) is 11.9. The molecule has 0 atom stereocenters. The van der Waals surface area contributed by atoms with Crippen LogP contribution < -0.4 is 20.4 Å². The molecule has 0 saturated heterocycles. The van der Waals surface area contributed by atoms with Gasteiger partial charge in [-0.05, 0) is 24.3 Å². The zero-order chi connectivity index (χ0) is 19.0. The highest BCUT2D eigenvalue weighted by atomic mass is 79.9. The minimum Gasteiger partial charge on any atom is -0.496 e. The fourth-order valence-corrected chi connectivity index (χ4v) is 3.92. The zero-order valence-electron chi connectivity index (χ0n) is 14.0. The monoisotopic (exact) mass is 441 g/mol. The van der Waals surface area contributed by atoms with Gasteiger partial charge in [0.2, 0.25) is 4.96 Å². The number of ether oxygens (including phenoxy) is 1. The predicted octanol–water partition coefficient (Wildman–Crippen LogP) is 2.50. The molecule has 0 aliphatic carbocycles. The first-order valence-electron chi connectivity index (χ1n) is 7.91. The van der Waals surface area contributed by atoms with E-state index in [1.165, 1.54) is 4.52 Å². The van der Waals surface area contributed by atoms with Gasteiger partial charge in [0.15, 0.2) is 5.69 Å². The lowest BCUT2D eigenvalue weighted by Gasteiger charge is -2.04. The second kappa shape index (κ2) is 7.05. The van der Waals surface area contributed by atoms with Crippen molar-refractivity contribution in [1.29, 1.82) is 0 Å². The van der Waals surface area contributed by atoms with Crippen LogP contribution in [0.15, 0.2) is 62.6 Å². The Hall–Kier alpha value is -2.84. The van der Waals surface area contributed by atoms with Crippen LogP contribution in [0.3, 0.4) is 0 Å². The number of nitrogens with zero attached hydrogens (tertiary/aromatic N) is 3. The Morgan fingerprint density at radius 3 is 2.67 bits per heavy atom. The van der Waals surface area contributed by atoms with Gasteiger partial charge in [0, 0.05) is 15.6 Å². The van der Waals surface area contributed by atoms with E-state index in [4.69, 9.17) is 4.74 Å². The predicted molar refractivity (Wildman–Crippen MR) is 108 cm³/mol. The van der Waals surface area contributed by atoms with Gasteiger partial charge in [0.1, 0.15) is 5.75 Å². The van der Waals surface area contributed by atoms with Crippen LogP contribution in [0.4, 0.5) is 0 Å². The Bertz CT molecular complexity index is 1320. The van der Waals surface area contributed by atoms with Crippen LogP contribution in [0.1, 0.15) is 5.56 Å². The molecular weight excluding hydrogens is 430 g/mol. The molecule has 0 saturated carbocycles. The first kappa shape index (κ1) is 17.6. The summed E-state index contributed by atoms with van der Waals surface area (Å²) in [6.07, 6.45) is 1.71. The lowest BCUT2D eigenvalue weighted by atomic mass is 10.2. The van der Waals surface area contributed by atoms with E-state index in [1.807, 2.05) is 18.2 Å². The van der Waals surface area contributed by atoms with Crippen molar-refractivity contribution in [2.24, 2.45) is 0 Å². The van der Waals surface area contributed by atoms with Gasteiger partial charge in [-0.2, -0.15) is 14.6 Å². The highest BCUT2D eigenvalue weighted by molar-refractivity contribution is 9.10. The van der Waals surface area contributed by atoms with Crippen molar-refractivity contribution in [3.63, 3.8) is 0 Å². The number of halogens is 1. The molecule has 0 unspecified atom stereocenters. The number of hydrogen-bond acceptors (Lipinski definition) is 6. The summed E-state index contributed by atoms with van der Waals surface area (Å²) in [5.74, 6) is 0.635. The molecule has 8 heteroatoms. The summed E-state index contributed by atoms with van der Waals surface area (Å²) in [6, 6.07) is 14.5. The second-order valence-corrected chi connectivity index (χ2v) is 7.55. The van der Waals surface area contributed by atoms with Gasteiger partial charge < -0.3 is 4.74 Å². The molecule has 0 spiro atoms. The number of rotatable bonds is 3. The average molecular weight is 442 g/mol. The molecular formula is C19H12BrN3O3S. The SMILES string of the molecule is COc1ccc(Br)cc1/C=c1/sc2nc(=O)c(-c3ccccc3)nn2c1=O. The van der Waals surface area contributed by atoms with E-state index in [2.05, 4.69) is 26.0 Å². The minimum atomic E-state index is -0.464. The molecule has 4 aromatic rings. The summed E-state index contributed by atoms with van der Waals surface area (Å²) in [6.45, 7) is 0. The van der Waals surface area contributed by atoms with Crippen LogP contribution in [-0.2, 0) is 0 Å². The van der Waals surface area contributed by atoms with E-state index in [0.29, 0.717) is 15.8 Å². The summed E-state index contributed by atoms with van der Waals surface area (Å²) < 4.78 is 7.79. The molecule has 4 rings (SSSR count). The molecule has 0 aliphatic heterocycles. The van der Waals surface area contributed by atoms with Gasteiger partial charge in [-0.25, -0.2) is 0 Å². The van der Waals surface area contributed by atoms with Crippen LogP contribution in [-0.4, -0.2) is 21.7 Å². The van der Waals surface area contributed by atoms with E-state index in [1.54, 1.807) is 43.5 Å². The number of benzene rings is 2. The lowest BCUT2D eigenvalue weighted by Crippen LogP contribution is -2.26. The van der Waals surface area contributed by atoms with Crippen LogP contribution >= 0.6 is 27.3 Å². The number of fused-ring (bicyclic) bond motifs is 1. The third-order valence-corrected chi connectivity index (χ3v) is 5.36. The molecule has 0 amide bonds. The summed E-state index contributed by atoms with van der Waals surface area (Å²) in [4.78, 5) is 29.4. The maximum atomic E-state index is 12.8. The Kier molecular flexibility index (Phi) is 4.59. The largest absolute Gasteiger partial charge is 0.496 e. The van der Waals surface area contributed by atoms with Crippen molar-refractivity contribution < 1.29 is 4.74 Å². The fourth-order valence-electron chi connectivity index (χ4n) is 2.65. The van der Waals surface area contributed by atoms with Crippen molar-refractivity contribution in [3.8, 4) is 17.0 Å². The highest BCUT2D eigenvalue weighted by Gasteiger charge is 2.13. The van der Waals surface area contributed by atoms with Crippen molar-refractivity contribution in [2.45, 2.75) is 0 Å². The highest BCUT2D eigenvalue weighted by Crippen LogP contribution is 2.23. The van der Waals surface area contributed by atoms with Gasteiger partial charge in [-0.1, -0.05) is 57.6 Å². The summed E-state index contributed by atoms with van der Waals surface area (Å²) in [5, 5.41) is 4.25. The first-order valence-corrected chi connectivity index (χ1v) is 9.52. The van der Waals surface area contributed by atoms with Crippen molar-refractivity contribution in [1.82, 2.24) is 14.6 Å². The molecule has 0 N–H and O–H groups in total. The van der Waals surface area contributed by atoms with Crippen molar-refractivity contribution in [2.75, 3.05) is 7.11 Å². The number of thiazole rings is 1. The molecule has 27 heavy (non-hydrogen) atoms. The molecule has 0 radical (unpaired) electrons. The standard InChI is InChI=1S/C19H12BrN3O3S/c1-26-14-8-7-13(20)9-12(14)10-15-18(25)23-19(27-15)21-17(24)16(22-23)11-5-3-2-4-6-11/h2-10H,1H3/b15-10+. The van der Waals surface area contributed by atoms with Crippen molar-refractivity contribution >= 4 is 38.3 Å². The summed E-state index contributed by atoms with van der Waals surface area (Å²) >= 11 is 4.53. The Morgan fingerprint density at radius 1 is 1.15 bits per heavy atom. The number of methoxy groups -OCH3 is 1. The molecule has 6 nitrogen and oxygen atoms in total. The number of aromatic nitrogens is 3. The Labute approximate surface area is 165 Å². The first-order chi connectivity index (χ1) is 13.1. The lowest BCUT2D eigenvalue weighted by molar-refractivity contribution is 0.414. The third kappa shape index (κ3) is 3.29. The maximum absolute atomic E-state index is 12.8. The van der Waals surface area contributed by atoms with Crippen LogP contribution in [0, 0.1) is 0 Å². The summed E-state index contributed by atoms with van der Waals surface area (Å²) in [5.41, 5.74) is 0.710. The van der Waals surface area contributed by atoms with Crippen LogP contribution in [0.25, 0.3) is 22.3 Å². The Balaban J connectivity index is 1.95. The van der Waals surface area contributed by atoms with Crippen molar-refractivity contribution in [3.05, 3.63) is 83.8 Å². The molecule has 0 bridgehead atoms. The van der Waals surface area contributed by atoms with Crippen LogP contribution in [0.5, 0.6) is 5.75 Å². The number of hydrogen-bond donors (Lipinski definition) is 0. The minimum absolute atomic E-state index is 0.148. The van der Waals surface area contributed by atoms with Gasteiger partial charge in [0.25, 0.3) is 5.56 Å². The van der Waals surface area contributed by atoms with Gasteiger partial charge >= 0.3 is 5.56 Å². The van der Waals surface area contributed by atoms with E-state index in [0.717, 1.165) is 21.4 Å². The molecule has 134 valence electrons. The molecule has 2 heterocycles. The van der Waals surface area contributed by atoms with Crippen LogP contribution in [0.2, 0.25) is 0 Å². The van der Waals surface area contributed by atoms with E-state index in [-0.39, 0.29) is 16.2 Å². The Morgan fingerprint density at radius 2 is 1.93 bits per heavy atom. The quantitative estimate of drug-likeness (QED) is 0.488. The summed E-state index contributed by atoms with van der Waals surface area (Å²) in [7, 11) is 1.57. The van der Waals surface area contributed by atoms with E-state index < -0.39 is 5.56 Å². The maximum Gasteiger partial charge on any atom is 0.300 e. The molecule has 0 aliphatic rings. The molecule has 0 fully saturated rings. The second-order valence-electron chi connectivity index (χ2n) is 5.63. The smallest absolute Gasteiger partial charge is 0.300 e. The molecule has 2 aromatic carbocycles. The zero-order valence-corrected chi connectivity index (χ0v) is 16.5. The topological polar surface area (TPSA) is 73.6 Å².